The van der Waals surface area contributed by atoms with E-state index < -0.39 is 29.7 Å². The highest BCUT2D eigenvalue weighted by molar-refractivity contribution is 6.00. The largest absolute Gasteiger partial charge is 0.390 e. The zero-order valence-corrected chi connectivity index (χ0v) is 24.4. The molecule has 3 aromatic rings. The first-order valence-corrected chi connectivity index (χ1v) is 14.3. The van der Waals surface area contributed by atoms with E-state index in [1.165, 1.54) is 18.2 Å². The van der Waals surface area contributed by atoms with Crippen LogP contribution in [0, 0.1) is 30.9 Å². The van der Waals surface area contributed by atoms with E-state index in [1.807, 2.05) is 24.3 Å². The van der Waals surface area contributed by atoms with Gasteiger partial charge in [0, 0.05) is 49.5 Å². The molecule has 1 aliphatic rings. The van der Waals surface area contributed by atoms with Crippen molar-refractivity contribution in [3.8, 4) is 12.3 Å². The molecule has 1 saturated heterocycles. The summed E-state index contributed by atoms with van der Waals surface area (Å²) >= 11 is 0. The maximum Gasteiger partial charge on any atom is 0.254 e. The molecule has 7 nitrogen and oxygen atoms in total. The lowest BCUT2D eigenvalue weighted by atomic mass is 9.99. The van der Waals surface area contributed by atoms with Crippen LogP contribution in [0.5, 0.6) is 0 Å². The van der Waals surface area contributed by atoms with E-state index >= 15 is 0 Å². The molecule has 226 valence electrons. The summed E-state index contributed by atoms with van der Waals surface area (Å²) in [5.74, 6) is 0.378. The Bertz CT molecular complexity index is 1470. The number of rotatable bonds is 12. The molecule has 43 heavy (non-hydrogen) atoms. The number of aliphatic hydroxyl groups excluding tert-OH is 1. The van der Waals surface area contributed by atoms with Gasteiger partial charge in [0.1, 0.15) is 11.6 Å². The molecule has 3 aromatic carbocycles. The van der Waals surface area contributed by atoms with Crippen LogP contribution >= 0.6 is 0 Å². The van der Waals surface area contributed by atoms with E-state index in [9.17, 15) is 23.5 Å². The Balaban J connectivity index is 1.51. The fourth-order valence-corrected chi connectivity index (χ4v) is 5.47. The van der Waals surface area contributed by atoms with E-state index in [2.05, 4.69) is 16.6 Å². The van der Waals surface area contributed by atoms with Gasteiger partial charge in [-0.1, -0.05) is 18.1 Å². The number of nitrogens with one attached hydrogen (secondary N) is 2. The number of hydrogen-bond donors (Lipinski definition) is 3. The second kappa shape index (κ2) is 14.9. The van der Waals surface area contributed by atoms with Crippen LogP contribution in [0.3, 0.4) is 0 Å². The third-order valence-corrected chi connectivity index (χ3v) is 7.52. The minimum absolute atomic E-state index is 0.0250. The first-order chi connectivity index (χ1) is 20.7. The van der Waals surface area contributed by atoms with Gasteiger partial charge in [-0.3, -0.25) is 9.59 Å². The van der Waals surface area contributed by atoms with Gasteiger partial charge in [-0.2, -0.15) is 0 Å². The highest BCUT2D eigenvalue weighted by atomic mass is 19.1. The SMILES string of the molecule is C#Cc1cccc(CNC[C@@H](O)[C@H](Cc2cc(F)cc(F)c2)NC(=O)c2cc(C)cc(C(=O)N3CCC[C@@H]3COC)c2)c1. The topological polar surface area (TPSA) is 90.9 Å². The summed E-state index contributed by atoms with van der Waals surface area (Å²) in [4.78, 5) is 28.7. The molecule has 9 heteroatoms. The van der Waals surface area contributed by atoms with Gasteiger partial charge < -0.3 is 25.4 Å². The smallest absolute Gasteiger partial charge is 0.254 e. The van der Waals surface area contributed by atoms with Crippen molar-refractivity contribution in [2.24, 2.45) is 0 Å². The summed E-state index contributed by atoms with van der Waals surface area (Å²) in [6.07, 6.45) is 6.06. The van der Waals surface area contributed by atoms with Crippen LogP contribution in [0.15, 0.2) is 60.7 Å². The summed E-state index contributed by atoms with van der Waals surface area (Å²) < 4.78 is 33.2. The van der Waals surface area contributed by atoms with Gasteiger partial charge in [0.15, 0.2) is 0 Å². The van der Waals surface area contributed by atoms with E-state index in [4.69, 9.17) is 11.2 Å². The Hall–Kier alpha value is -4.10. The number of aliphatic hydroxyl groups is 1. The summed E-state index contributed by atoms with van der Waals surface area (Å²) in [7, 11) is 1.60. The summed E-state index contributed by atoms with van der Waals surface area (Å²) in [5.41, 5.74) is 3.27. The van der Waals surface area contributed by atoms with Crippen molar-refractivity contribution in [1.82, 2.24) is 15.5 Å². The van der Waals surface area contributed by atoms with Crippen molar-refractivity contribution < 1.29 is 28.2 Å². The molecule has 2 amide bonds. The van der Waals surface area contributed by atoms with Gasteiger partial charge >= 0.3 is 0 Å². The van der Waals surface area contributed by atoms with Crippen LogP contribution in [-0.2, 0) is 17.7 Å². The Morgan fingerprint density at radius 2 is 1.84 bits per heavy atom. The Kier molecular flexibility index (Phi) is 11.0. The third kappa shape index (κ3) is 8.71. The number of ether oxygens (including phenoxy) is 1. The van der Waals surface area contributed by atoms with Gasteiger partial charge in [0.2, 0.25) is 0 Å². The molecule has 0 bridgehead atoms. The summed E-state index contributed by atoms with van der Waals surface area (Å²) in [6, 6.07) is 14.5. The lowest BCUT2D eigenvalue weighted by Crippen LogP contribution is -2.48. The molecule has 1 heterocycles. The number of amides is 2. The van der Waals surface area contributed by atoms with Crippen molar-refractivity contribution in [3.05, 3.63) is 106 Å². The Morgan fingerprint density at radius 1 is 1.09 bits per heavy atom. The average Bonchev–Trinajstić information content (AvgIpc) is 3.44. The van der Waals surface area contributed by atoms with Crippen molar-refractivity contribution in [3.63, 3.8) is 0 Å². The highest BCUT2D eigenvalue weighted by Gasteiger charge is 2.30. The first-order valence-electron chi connectivity index (χ1n) is 14.3. The fraction of sp³-hybridized carbons (Fsp3) is 0.353. The standard InChI is InChI=1S/C34H37F2N3O4/c1-4-23-7-5-8-24(13-23)19-37-20-32(40)31(16-25-14-28(35)18-29(36)15-25)38-33(41)26-11-22(2)12-27(17-26)34(42)39-10-6-9-30(39)21-43-3/h1,5,7-8,11-15,17-18,30-32,37,40H,6,9-10,16,19-21H2,2-3H3,(H,38,41)/t30-,31+,32-/m1/s1. The zero-order chi connectivity index (χ0) is 30.9. The molecular formula is C34H37F2N3O4. The number of halogens is 2. The maximum atomic E-state index is 14.0. The highest BCUT2D eigenvalue weighted by Crippen LogP contribution is 2.22. The molecule has 0 radical (unpaired) electrons. The molecule has 0 aliphatic carbocycles. The Morgan fingerprint density at radius 3 is 2.56 bits per heavy atom. The fourth-order valence-electron chi connectivity index (χ4n) is 5.47. The van der Waals surface area contributed by atoms with Crippen molar-refractivity contribution >= 4 is 11.8 Å². The third-order valence-electron chi connectivity index (χ3n) is 7.52. The Labute approximate surface area is 251 Å². The molecule has 0 spiro atoms. The van der Waals surface area contributed by atoms with E-state index in [0.29, 0.717) is 25.3 Å². The predicted molar refractivity (Wildman–Crippen MR) is 161 cm³/mol. The van der Waals surface area contributed by atoms with E-state index in [0.717, 1.165) is 35.6 Å². The number of carbonyl (C=O) groups is 2. The molecule has 3 N–H and O–H groups in total. The van der Waals surface area contributed by atoms with E-state index in [1.54, 1.807) is 31.1 Å². The number of likely N-dealkylation sites (tertiary alicyclic amines) is 1. The number of methoxy groups -OCH3 is 1. The van der Waals surface area contributed by atoms with Crippen molar-refractivity contribution in [2.75, 3.05) is 26.8 Å². The maximum absolute atomic E-state index is 14.0. The second-order valence-electron chi connectivity index (χ2n) is 10.9. The normalized spacial score (nSPS) is 16.0. The van der Waals surface area contributed by atoms with Crippen LogP contribution in [-0.4, -0.2) is 66.8 Å². The number of benzene rings is 3. The van der Waals surface area contributed by atoms with E-state index in [-0.39, 0.29) is 36.0 Å². The predicted octanol–water partition coefficient (Wildman–Crippen LogP) is 4.00. The van der Waals surface area contributed by atoms with Crippen molar-refractivity contribution in [2.45, 2.75) is 50.9 Å². The molecule has 4 rings (SSSR count). The second-order valence-corrected chi connectivity index (χ2v) is 10.9. The van der Waals surface area contributed by atoms with Gasteiger partial charge in [-0.05, 0) is 85.3 Å². The van der Waals surface area contributed by atoms with Gasteiger partial charge in [-0.25, -0.2) is 8.78 Å². The minimum Gasteiger partial charge on any atom is -0.390 e. The van der Waals surface area contributed by atoms with Crippen LogP contribution in [0.2, 0.25) is 0 Å². The molecule has 0 aromatic heterocycles. The van der Waals surface area contributed by atoms with Crippen molar-refractivity contribution in [1.29, 1.82) is 0 Å². The number of carbonyl (C=O) groups excluding carboxylic acids is 2. The zero-order valence-electron chi connectivity index (χ0n) is 24.4. The van der Waals surface area contributed by atoms with Gasteiger partial charge in [-0.15, -0.1) is 6.42 Å². The molecule has 0 unspecified atom stereocenters. The number of aryl methyl sites for hydroxylation is 1. The summed E-state index contributed by atoms with van der Waals surface area (Å²) in [6.45, 7) is 3.34. The minimum atomic E-state index is -1.11. The van der Waals surface area contributed by atoms with Crippen LogP contribution in [0.25, 0.3) is 0 Å². The summed E-state index contributed by atoms with van der Waals surface area (Å²) in [5, 5.41) is 17.1. The van der Waals surface area contributed by atoms with Crippen LogP contribution in [0.1, 0.15) is 55.8 Å². The average molecular weight is 590 g/mol. The molecular weight excluding hydrogens is 552 g/mol. The number of terminal acetylenes is 1. The van der Waals surface area contributed by atoms with Crippen LogP contribution < -0.4 is 10.6 Å². The monoisotopic (exact) mass is 589 g/mol. The number of nitrogens with zero attached hydrogens (tertiary/aromatic N) is 1. The lowest BCUT2D eigenvalue weighted by Gasteiger charge is -2.26. The molecule has 1 aliphatic heterocycles. The molecule has 1 fully saturated rings. The quantitative estimate of drug-likeness (QED) is 0.278. The van der Waals surface area contributed by atoms with Gasteiger partial charge in [0.25, 0.3) is 11.8 Å². The lowest BCUT2D eigenvalue weighted by molar-refractivity contribution is 0.0630. The molecule has 3 atom stereocenters. The number of hydrogen-bond acceptors (Lipinski definition) is 5. The molecule has 0 saturated carbocycles. The van der Waals surface area contributed by atoms with Gasteiger partial charge in [0.05, 0.1) is 24.8 Å². The van der Waals surface area contributed by atoms with Crippen LogP contribution in [0.4, 0.5) is 8.78 Å². The first kappa shape index (κ1) is 31.8.